The van der Waals surface area contributed by atoms with Gasteiger partial charge in [-0.25, -0.2) is 17.2 Å². The zero-order chi connectivity index (χ0) is 10.5. The number of carbonyl (C=O) groups is 1. The van der Waals surface area contributed by atoms with E-state index in [0.29, 0.717) is 0 Å². The number of ether oxygens (including phenoxy) is 1. The molecule has 0 aliphatic heterocycles. The molecule has 0 rings (SSSR count). The Bertz CT molecular complexity index is 260. The lowest BCUT2D eigenvalue weighted by Crippen LogP contribution is -2.21. The highest BCUT2D eigenvalue weighted by Gasteiger charge is 2.18. The molecule has 7 heteroatoms. The normalized spacial score (nSPS) is 11.7. The van der Waals surface area contributed by atoms with Crippen molar-refractivity contribution < 1.29 is 26.7 Å². The number of rotatable bonds is 5. The minimum absolute atomic E-state index is 0.695. The van der Waals surface area contributed by atoms with Crippen molar-refractivity contribution in [2.24, 2.45) is 0 Å². The van der Waals surface area contributed by atoms with Crippen LogP contribution in [0.15, 0.2) is 0 Å². The lowest BCUT2D eigenvalue weighted by Gasteiger charge is -2.01. The van der Waals surface area contributed by atoms with Gasteiger partial charge in [-0.2, -0.15) is 0 Å². The van der Waals surface area contributed by atoms with Crippen molar-refractivity contribution in [3.05, 3.63) is 0 Å². The molecule has 0 aromatic heterocycles. The molecule has 78 valence electrons. The molecule has 0 N–H and O–H groups in total. The van der Waals surface area contributed by atoms with Crippen LogP contribution in [0.1, 0.15) is 6.42 Å². The van der Waals surface area contributed by atoms with Gasteiger partial charge in [0.25, 0.3) is 0 Å². The molecule has 0 radical (unpaired) electrons. The Morgan fingerprint density at radius 3 is 2.38 bits per heavy atom. The number of carbonyl (C=O) groups excluding carboxylic acids is 1. The third kappa shape index (κ3) is 6.44. The molecule has 0 saturated heterocycles. The van der Waals surface area contributed by atoms with Crippen molar-refractivity contribution in [1.29, 1.82) is 0 Å². The minimum atomic E-state index is -3.74. The third-order valence-corrected chi connectivity index (χ3v) is 2.75. The van der Waals surface area contributed by atoms with E-state index in [-0.39, 0.29) is 0 Å². The van der Waals surface area contributed by atoms with E-state index in [1.807, 2.05) is 0 Å². The zero-order valence-electron chi connectivity index (χ0n) is 7.00. The number of hydrogen-bond acceptors (Lipinski definition) is 4. The predicted octanol–water partition coefficient (Wildman–Crippen LogP) is 0.229. The Kier molecular flexibility index (Phi) is 4.82. The molecule has 0 heterocycles. The fourth-order valence-electron chi connectivity index (χ4n) is 0.579. The first-order valence-electron chi connectivity index (χ1n) is 3.43. The summed E-state index contributed by atoms with van der Waals surface area (Å²) in [5.74, 6) is -2.47. The second-order valence-corrected chi connectivity index (χ2v) is 4.53. The Balaban J connectivity index is 4.02. The highest BCUT2D eigenvalue weighted by atomic mass is 32.2. The SMILES string of the molecule is COC(=O)CS(=O)(=O)CCC(F)F. The third-order valence-electron chi connectivity index (χ3n) is 1.21. The molecule has 0 spiro atoms. The second-order valence-electron chi connectivity index (χ2n) is 2.35. The van der Waals surface area contributed by atoms with Crippen LogP contribution in [-0.2, 0) is 19.4 Å². The molecule has 0 aliphatic rings. The Hall–Kier alpha value is -0.720. The van der Waals surface area contributed by atoms with Gasteiger partial charge >= 0.3 is 5.97 Å². The summed E-state index contributed by atoms with van der Waals surface area (Å²) < 4.78 is 49.0. The summed E-state index contributed by atoms with van der Waals surface area (Å²) in [6.07, 6.45) is -3.42. The van der Waals surface area contributed by atoms with Gasteiger partial charge in [-0.05, 0) is 0 Å². The van der Waals surface area contributed by atoms with Crippen LogP contribution in [0.3, 0.4) is 0 Å². The summed E-state index contributed by atoms with van der Waals surface area (Å²) in [5.41, 5.74) is 0. The summed E-state index contributed by atoms with van der Waals surface area (Å²) in [6.45, 7) is 0. The summed E-state index contributed by atoms with van der Waals surface area (Å²) in [7, 11) is -2.71. The molecule has 0 fully saturated rings. The molecule has 0 aromatic carbocycles. The fraction of sp³-hybridized carbons (Fsp3) is 0.833. The van der Waals surface area contributed by atoms with Gasteiger partial charge in [0.2, 0.25) is 6.43 Å². The Morgan fingerprint density at radius 2 is 2.00 bits per heavy atom. The number of halogens is 2. The molecule has 0 aromatic rings. The minimum Gasteiger partial charge on any atom is -0.468 e. The molecule has 0 amide bonds. The molecule has 0 bridgehead atoms. The Labute approximate surface area is 74.8 Å². The van der Waals surface area contributed by atoms with Crippen molar-refractivity contribution in [3.63, 3.8) is 0 Å². The molecule has 0 aliphatic carbocycles. The van der Waals surface area contributed by atoms with Crippen molar-refractivity contribution in [3.8, 4) is 0 Å². The van der Waals surface area contributed by atoms with Crippen LogP contribution in [0.4, 0.5) is 8.78 Å². The van der Waals surface area contributed by atoms with Gasteiger partial charge in [0.1, 0.15) is 5.75 Å². The first-order valence-corrected chi connectivity index (χ1v) is 5.25. The smallest absolute Gasteiger partial charge is 0.320 e. The maximum Gasteiger partial charge on any atom is 0.320 e. The molecular formula is C6H10F2O4S. The van der Waals surface area contributed by atoms with E-state index in [0.717, 1.165) is 7.11 Å². The lowest BCUT2D eigenvalue weighted by atomic mass is 10.5. The van der Waals surface area contributed by atoms with Crippen molar-refractivity contribution in [2.75, 3.05) is 18.6 Å². The van der Waals surface area contributed by atoms with Gasteiger partial charge in [-0.3, -0.25) is 4.79 Å². The second kappa shape index (κ2) is 5.11. The first kappa shape index (κ1) is 12.3. The van der Waals surface area contributed by atoms with E-state index in [4.69, 9.17) is 0 Å². The van der Waals surface area contributed by atoms with Crippen LogP contribution in [0.5, 0.6) is 0 Å². The standard InChI is InChI=1S/C6H10F2O4S/c1-12-6(9)4-13(10,11)3-2-5(7)8/h5H,2-4H2,1H3. The summed E-state index contributed by atoms with van der Waals surface area (Å²) in [5, 5.41) is 0. The Morgan fingerprint density at radius 1 is 1.46 bits per heavy atom. The predicted molar refractivity (Wildman–Crippen MR) is 41.3 cm³/mol. The molecule has 4 nitrogen and oxygen atoms in total. The number of esters is 1. The summed E-state index contributed by atoms with van der Waals surface area (Å²) in [6, 6.07) is 0. The number of hydrogen-bond donors (Lipinski definition) is 0. The highest BCUT2D eigenvalue weighted by Crippen LogP contribution is 2.03. The van der Waals surface area contributed by atoms with Crippen LogP contribution in [-0.4, -0.2) is 39.4 Å². The van der Waals surface area contributed by atoms with E-state index in [9.17, 15) is 22.0 Å². The van der Waals surface area contributed by atoms with Gasteiger partial charge in [0.05, 0.1) is 12.9 Å². The van der Waals surface area contributed by atoms with Crippen molar-refractivity contribution in [1.82, 2.24) is 0 Å². The van der Waals surface area contributed by atoms with E-state index in [1.165, 1.54) is 0 Å². The zero-order valence-corrected chi connectivity index (χ0v) is 7.81. The molecular weight excluding hydrogens is 206 g/mol. The molecule has 0 unspecified atom stereocenters. The van der Waals surface area contributed by atoms with Crippen LogP contribution >= 0.6 is 0 Å². The topological polar surface area (TPSA) is 60.4 Å². The molecule has 0 saturated carbocycles. The lowest BCUT2D eigenvalue weighted by molar-refractivity contribution is -0.137. The summed E-state index contributed by atoms with van der Waals surface area (Å²) >= 11 is 0. The number of alkyl halides is 2. The van der Waals surface area contributed by atoms with E-state index < -0.39 is 40.2 Å². The van der Waals surface area contributed by atoms with E-state index in [1.54, 1.807) is 0 Å². The van der Waals surface area contributed by atoms with E-state index in [2.05, 4.69) is 4.74 Å². The van der Waals surface area contributed by atoms with Crippen molar-refractivity contribution in [2.45, 2.75) is 12.8 Å². The van der Waals surface area contributed by atoms with Gasteiger partial charge in [0.15, 0.2) is 9.84 Å². The average Bonchev–Trinajstić information content (AvgIpc) is 2.00. The van der Waals surface area contributed by atoms with Crippen molar-refractivity contribution >= 4 is 15.8 Å². The molecule has 0 atom stereocenters. The number of methoxy groups -OCH3 is 1. The summed E-state index contributed by atoms with van der Waals surface area (Å²) in [4.78, 5) is 10.5. The average molecular weight is 216 g/mol. The molecule has 13 heavy (non-hydrogen) atoms. The largest absolute Gasteiger partial charge is 0.468 e. The van der Waals surface area contributed by atoms with Gasteiger partial charge in [-0.15, -0.1) is 0 Å². The number of sulfone groups is 1. The van der Waals surface area contributed by atoms with Crippen LogP contribution in [0.25, 0.3) is 0 Å². The quantitative estimate of drug-likeness (QED) is 0.617. The van der Waals surface area contributed by atoms with Gasteiger partial charge in [0, 0.05) is 6.42 Å². The van der Waals surface area contributed by atoms with E-state index >= 15 is 0 Å². The fourth-order valence-corrected chi connectivity index (χ4v) is 1.74. The van der Waals surface area contributed by atoms with Crippen LogP contribution < -0.4 is 0 Å². The monoisotopic (exact) mass is 216 g/mol. The van der Waals surface area contributed by atoms with Gasteiger partial charge < -0.3 is 4.74 Å². The van der Waals surface area contributed by atoms with Gasteiger partial charge in [-0.1, -0.05) is 0 Å². The highest BCUT2D eigenvalue weighted by molar-refractivity contribution is 7.92. The first-order chi connectivity index (χ1) is 5.87. The van der Waals surface area contributed by atoms with Crippen LogP contribution in [0.2, 0.25) is 0 Å². The van der Waals surface area contributed by atoms with Crippen LogP contribution in [0, 0.1) is 0 Å². The maximum atomic E-state index is 11.6. The maximum absolute atomic E-state index is 11.6.